The van der Waals surface area contributed by atoms with Crippen LogP contribution >= 0.6 is 11.5 Å². The zero-order valence-electron chi connectivity index (χ0n) is 10.3. The van der Waals surface area contributed by atoms with Crippen molar-refractivity contribution >= 4 is 23.1 Å². The van der Waals surface area contributed by atoms with E-state index in [1.165, 1.54) is 7.11 Å². The monoisotopic (exact) mass is 259 g/mol. The number of carbonyl (C=O) groups excluding carboxylic acids is 1. The van der Waals surface area contributed by atoms with E-state index >= 15 is 0 Å². The Bertz CT molecular complexity index is 587. The number of benzene rings is 1. The molecule has 0 atom stereocenters. The van der Waals surface area contributed by atoms with Gasteiger partial charge in [0.15, 0.2) is 0 Å². The normalized spacial score (nSPS) is 10.1. The molecule has 0 spiro atoms. The number of methoxy groups -OCH3 is 1. The lowest BCUT2D eigenvalue weighted by Crippen LogP contribution is -2.01. The van der Waals surface area contributed by atoms with Crippen molar-refractivity contribution in [3.05, 3.63) is 47.4 Å². The molecular weight excluding hydrogens is 246 g/mol. The number of ether oxygens (including phenoxy) is 1. The van der Waals surface area contributed by atoms with E-state index in [1.54, 1.807) is 0 Å². The number of rotatable bonds is 3. The summed E-state index contributed by atoms with van der Waals surface area (Å²) in [6.07, 6.45) is 0. The highest BCUT2D eigenvalue weighted by Gasteiger charge is 2.21. The molecule has 0 fully saturated rings. The van der Waals surface area contributed by atoms with Crippen LogP contribution in [0, 0.1) is 0 Å². The maximum Gasteiger partial charge on any atom is 0.350 e. The molecule has 0 amide bonds. The van der Waals surface area contributed by atoms with Crippen molar-refractivity contribution in [3.8, 4) is 11.3 Å². The molecule has 18 heavy (non-hydrogen) atoms. The van der Waals surface area contributed by atoms with Crippen LogP contribution in [0.5, 0.6) is 0 Å². The van der Waals surface area contributed by atoms with Crippen LogP contribution in [0.4, 0.5) is 0 Å². The molecular formula is C14H13NO2S. The van der Waals surface area contributed by atoms with Gasteiger partial charge in [-0.3, -0.25) is 0 Å². The van der Waals surface area contributed by atoms with E-state index in [2.05, 4.69) is 11.0 Å². The van der Waals surface area contributed by atoms with Gasteiger partial charge in [0.2, 0.25) is 0 Å². The Morgan fingerprint density at radius 1 is 1.33 bits per heavy atom. The SMILES string of the molecule is C=C(C)c1c(-c2ccccc2)nsc1C(=O)OC. The van der Waals surface area contributed by atoms with Crippen LogP contribution in [0.3, 0.4) is 0 Å². The van der Waals surface area contributed by atoms with E-state index in [0.29, 0.717) is 4.88 Å². The molecule has 1 aromatic heterocycles. The zero-order chi connectivity index (χ0) is 13.1. The Morgan fingerprint density at radius 3 is 2.56 bits per heavy atom. The quantitative estimate of drug-likeness (QED) is 0.790. The average Bonchev–Trinajstić information content (AvgIpc) is 2.83. The van der Waals surface area contributed by atoms with Gasteiger partial charge in [0.25, 0.3) is 0 Å². The predicted octanol–water partition coefficient (Wildman–Crippen LogP) is 3.63. The lowest BCUT2D eigenvalue weighted by Gasteiger charge is -2.04. The summed E-state index contributed by atoms with van der Waals surface area (Å²) in [6.45, 7) is 5.78. The molecule has 0 aliphatic rings. The lowest BCUT2D eigenvalue weighted by atomic mass is 10.0. The van der Waals surface area contributed by atoms with E-state index in [4.69, 9.17) is 4.74 Å². The molecule has 1 aromatic carbocycles. The van der Waals surface area contributed by atoms with Crippen LogP contribution in [0.2, 0.25) is 0 Å². The first kappa shape index (κ1) is 12.5. The Kier molecular flexibility index (Phi) is 3.58. The minimum atomic E-state index is -0.368. The third kappa shape index (κ3) is 2.19. The van der Waals surface area contributed by atoms with Crippen molar-refractivity contribution in [1.82, 2.24) is 4.37 Å². The Hall–Kier alpha value is -1.94. The third-order valence-corrected chi connectivity index (χ3v) is 3.36. The summed E-state index contributed by atoms with van der Waals surface area (Å²) >= 11 is 1.15. The van der Waals surface area contributed by atoms with Crippen LogP contribution in [-0.4, -0.2) is 17.5 Å². The fourth-order valence-electron chi connectivity index (χ4n) is 1.71. The molecule has 2 aromatic rings. The van der Waals surface area contributed by atoms with E-state index < -0.39 is 0 Å². The standard InChI is InChI=1S/C14H13NO2S/c1-9(2)11-12(10-7-5-4-6-8-10)15-18-13(11)14(16)17-3/h4-8H,1H2,2-3H3. The molecule has 0 unspecified atom stereocenters. The van der Waals surface area contributed by atoms with Crippen molar-refractivity contribution in [2.24, 2.45) is 0 Å². The molecule has 0 N–H and O–H groups in total. The van der Waals surface area contributed by atoms with Gasteiger partial charge < -0.3 is 4.74 Å². The molecule has 0 aliphatic heterocycles. The molecule has 92 valence electrons. The maximum absolute atomic E-state index is 11.7. The van der Waals surface area contributed by atoms with E-state index in [0.717, 1.165) is 33.9 Å². The predicted molar refractivity (Wildman–Crippen MR) is 73.6 cm³/mol. The molecule has 1 heterocycles. The van der Waals surface area contributed by atoms with Gasteiger partial charge in [-0.15, -0.1) is 0 Å². The summed E-state index contributed by atoms with van der Waals surface area (Å²) in [6, 6.07) is 9.74. The van der Waals surface area contributed by atoms with Crippen molar-refractivity contribution in [3.63, 3.8) is 0 Å². The molecule has 3 nitrogen and oxygen atoms in total. The highest BCUT2D eigenvalue weighted by atomic mass is 32.1. The molecule has 0 bridgehead atoms. The van der Waals surface area contributed by atoms with E-state index in [9.17, 15) is 4.79 Å². The minimum absolute atomic E-state index is 0.368. The first-order chi connectivity index (χ1) is 8.65. The fourth-order valence-corrected chi connectivity index (χ4v) is 2.61. The summed E-state index contributed by atoms with van der Waals surface area (Å²) in [5, 5.41) is 0. The average molecular weight is 259 g/mol. The maximum atomic E-state index is 11.7. The molecule has 0 saturated heterocycles. The molecule has 0 saturated carbocycles. The zero-order valence-corrected chi connectivity index (χ0v) is 11.1. The molecule has 0 aliphatic carbocycles. The van der Waals surface area contributed by atoms with Gasteiger partial charge in [-0.25, -0.2) is 4.79 Å². The highest BCUT2D eigenvalue weighted by Crippen LogP contribution is 2.33. The smallest absolute Gasteiger partial charge is 0.350 e. The van der Waals surface area contributed by atoms with Gasteiger partial charge in [0.05, 0.1) is 12.8 Å². The van der Waals surface area contributed by atoms with Gasteiger partial charge >= 0.3 is 5.97 Å². The lowest BCUT2D eigenvalue weighted by molar-refractivity contribution is 0.0606. The topological polar surface area (TPSA) is 39.2 Å². The van der Waals surface area contributed by atoms with Gasteiger partial charge in [0, 0.05) is 11.1 Å². The minimum Gasteiger partial charge on any atom is -0.465 e. The number of allylic oxidation sites excluding steroid dienone is 1. The van der Waals surface area contributed by atoms with Crippen molar-refractivity contribution in [2.75, 3.05) is 7.11 Å². The number of esters is 1. The second-order valence-corrected chi connectivity index (χ2v) is 4.65. The van der Waals surface area contributed by atoms with Gasteiger partial charge in [-0.05, 0) is 24.0 Å². The van der Waals surface area contributed by atoms with E-state index in [1.807, 2.05) is 37.3 Å². The van der Waals surface area contributed by atoms with Crippen LogP contribution in [0.1, 0.15) is 22.2 Å². The van der Waals surface area contributed by atoms with Crippen molar-refractivity contribution < 1.29 is 9.53 Å². The first-order valence-electron chi connectivity index (χ1n) is 5.44. The van der Waals surface area contributed by atoms with Crippen molar-refractivity contribution in [2.45, 2.75) is 6.92 Å². The van der Waals surface area contributed by atoms with Gasteiger partial charge in [-0.2, -0.15) is 4.37 Å². The molecule has 0 radical (unpaired) electrons. The molecule has 4 heteroatoms. The number of hydrogen-bond acceptors (Lipinski definition) is 4. The van der Waals surface area contributed by atoms with Crippen LogP contribution < -0.4 is 0 Å². The second kappa shape index (κ2) is 5.14. The summed E-state index contributed by atoms with van der Waals surface area (Å²) in [4.78, 5) is 12.2. The van der Waals surface area contributed by atoms with Crippen molar-refractivity contribution in [1.29, 1.82) is 0 Å². The van der Waals surface area contributed by atoms with Gasteiger partial charge in [0.1, 0.15) is 4.88 Å². The summed E-state index contributed by atoms with van der Waals surface area (Å²) < 4.78 is 9.12. The first-order valence-corrected chi connectivity index (χ1v) is 6.21. The third-order valence-electron chi connectivity index (χ3n) is 2.54. The number of carbonyl (C=O) groups is 1. The summed E-state index contributed by atoms with van der Waals surface area (Å²) in [7, 11) is 1.37. The largest absolute Gasteiger partial charge is 0.465 e. The highest BCUT2D eigenvalue weighted by molar-refractivity contribution is 7.08. The molecule has 2 rings (SSSR count). The van der Waals surface area contributed by atoms with E-state index in [-0.39, 0.29) is 5.97 Å². The van der Waals surface area contributed by atoms with Crippen LogP contribution in [0.15, 0.2) is 36.9 Å². The number of aromatic nitrogens is 1. The number of hydrogen-bond donors (Lipinski definition) is 0. The van der Waals surface area contributed by atoms with Crippen LogP contribution in [-0.2, 0) is 4.74 Å². The second-order valence-electron chi connectivity index (χ2n) is 3.87. The summed E-state index contributed by atoms with van der Waals surface area (Å²) in [5.41, 5.74) is 3.34. The Morgan fingerprint density at radius 2 is 2.00 bits per heavy atom. The van der Waals surface area contributed by atoms with Crippen LogP contribution in [0.25, 0.3) is 16.8 Å². The number of nitrogens with zero attached hydrogens (tertiary/aromatic N) is 1. The Balaban J connectivity index is 2.60. The van der Waals surface area contributed by atoms with Gasteiger partial charge in [-0.1, -0.05) is 36.9 Å². The fraction of sp³-hybridized carbons (Fsp3) is 0.143. The Labute approximate surface area is 110 Å². The summed E-state index contributed by atoms with van der Waals surface area (Å²) in [5.74, 6) is -0.368.